The molecule has 7 heteroatoms. The quantitative estimate of drug-likeness (QED) is 0.734. The van der Waals surface area contributed by atoms with E-state index in [9.17, 15) is 0 Å². The molecule has 0 bridgehead atoms. The van der Waals surface area contributed by atoms with Crippen molar-refractivity contribution in [1.82, 2.24) is 19.5 Å². The van der Waals surface area contributed by atoms with E-state index in [1.807, 2.05) is 34.9 Å². The summed E-state index contributed by atoms with van der Waals surface area (Å²) < 4.78 is 6.91. The monoisotopic (exact) mass is 298 g/mol. The number of anilines is 2. The van der Waals surface area contributed by atoms with Crippen LogP contribution >= 0.6 is 0 Å². The van der Waals surface area contributed by atoms with E-state index >= 15 is 0 Å². The lowest BCUT2D eigenvalue weighted by molar-refractivity contribution is 0.200. The summed E-state index contributed by atoms with van der Waals surface area (Å²) in [7, 11) is 1.64. The van der Waals surface area contributed by atoms with E-state index in [1.165, 1.54) is 0 Å². The molecule has 0 saturated carbocycles. The van der Waals surface area contributed by atoms with Crippen molar-refractivity contribution >= 4 is 22.9 Å². The summed E-state index contributed by atoms with van der Waals surface area (Å²) in [6.07, 6.45) is 0.590. The Morgan fingerprint density at radius 3 is 2.59 bits per heavy atom. The molecule has 3 aromatic rings. The molecule has 0 aliphatic heterocycles. The molecular weight excluding hydrogens is 280 g/mol. The van der Waals surface area contributed by atoms with Crippen LogP contribution in [0.2, 0.25) is 0 Å². The van der Waals surface area contributed by atoms with Crippen molar-refractivity contribution in [3.05, 3.63) is 41.7 Å². The SMILES string of the molecule is COCCc1nc(N)c2nc(N)n(Cc3ccccc3)c2n1. The second kappa shape index (κ2) is 5.98. The predicted molar refractivity (Wildman–Crippen MR) is 85.3 cm³/mol. The van der Waals surface area contributed by atoms with Crippen molar-refractivity contribution in [3.63, 3.8) is 0 Å². The summed E-state index contributed by atoms with van der Waals surface area (Å²) in [4.78, 5) is 13.1. The van der Waals surface area contributed by atoms with Gasteiger partial charge in [-0.2, -0.15) is 0 Å². The zero-order valence-electron chi connectivity index (χ0n) is 12.4. The first kappa shape index (κ1) is 14.3. The van der Waals surface area contributed by atoms with Gasteiger partial charge >= 0.3 is 0 Å². The Morgan fingerprint density at radius 2 is 1.86 bits per heavy atom. The standard InChI is InChI=1S/C15H18N6O/c1-22-8-7-11-18-13(16)12-14(19-11)21(15(17)20-12)9-10-5-3-2-4-6-10/h2-6H,7-9H2,1H3,(H2,17,20)(H2,16,18,19). The highest BCUT2D eigenvalue weighted by molar-refractivity contribution is 5.84. The molecule has 7 nitrogen and oxygen atoms in total. The fourth-order valence-corrected chi connectivity index (χ4v) is 2.31. The Bertz CT molecular complexity index is 784. The number of ether oxygens (including phenoxy) is 1. The van der Waals surface area contributed by atoms with Crippen molar-refractivity contribution in [2.45, 2.75) is 13.0 Å². The molecule has 0 aliphatic carbocycles. The number of rotatable bonds is 5. The lowest BCUT2D eigenvalue weighted by Gasteiger charge is -2.07. The van der Waals surface area contributed by atoms with Crippen molar-refractivity contribution in [2.75, 3.05) is 25.2 Å². The molecular formula is C15H18N6O. The summed E-state index contributed by atoms with van der Waals surface area (Å²) in [6.45, 7) is 1.12. The first-order valence-electron chi connectivity index (χ1n) is 7.00. The molecule has 0 amide bonds. The number of methoxy groups -OCH3 is 1. The molecule has 2 aromatic heterocycles. The van der Waals surface area contributed by atoms with Gasteiger partial charge in [-0.25, -0.2) is 15.0 Å². The highest BCUT2D eigenvalue weighted by Crippen LogP contribution is 2.21. The normalized spacial score (nSPS) is 11.1. The van der Waals surface area contributed by atoms with Gasteiger partial charge in [0.2, 0.25) is 5.95 Å². The first-order valence-corrected chi connectivity index (χ1v) is 7.00. The van der Waals surface area contributed by atoms with Gasteiger partial charge in [-0.05, 0) is 5.56 Å². The van der Waals surface area contributed by atoms with Crippen LogP contribution in [0.5, 0.6) is 0 Å². The minimum atomic E-state index is 0.342. The molecule has 114 valence electrons. The summed E-state index contributed by atoms with van der Waals surface area (Å²) in [5.41, 5.74) is 14.3. The number of hydrogen-bond donors (Lipinski definition) is 2. The third kappa shape index (κ3) is 2.71. The molecule has 3 rings (SSSR count). The number of benzene rings is 1. The zero-order chi connectivity index (χ0) is 15.5. The predicted octanol–water partition coefficient (Wildman–Crippen LogP) is 1.23. The van der Waals surface area contributed by atoms with E-state index in [1.54, 1.807) is 7.11 Å². The number of hydrogen-bond acceptors (Lipinski definition) is 6. The fraction of sp³-hybridized carbons (Fsp3) is 0.267. The van der Waals surface area contributed by atoms with Crippen LogP contribution < -0.4 is 11.5 Å². The average molecular weight is 298 g/mol. The smallest absolute Gasteiger partial charge is 0.202 e. The molecule has 22 heavy (non-hydrogen) atoms. The van der Waals surface area contributed by atoms with Crippen LogP contribution in [0.15, 0.2) is 30.3 Å². The Hall–Kier alpha value is -2.67. The molecule has 1 aromatic carbocycles. The number of nitrogens with two attached hydrogens (primary N) is 2. The van der Waals surface area contributed by atoms with E-state index < -0.39 is 0 Å². The Kier molecular flexibility index (Phi) is 3.88. The zero-order valence-corrected chi connectivity index (χ0v) is 12.4. The second-order valence-corrected chi connectivity index (χ2v) is 4.98. The first-order chi connectivity index (χ1) is 10.7. The summed E-state index contributed by atoms with van der Waals surface area (Å²) >= 11 is 0. The minimum absolute atomic E-state index is 0.342. The maximum absolute atomic E-state index is 6.02. The molecule has 0 aliphatic rings. The van der Waals surface area contributed by atoms with Crippen LogP contribution in [0.1, 0.15) is 11.4 Å². The van der Waals surface area contributed by atoms with Crippen LogP contribution in [0.4, 0.5) is 11.8 Å². The summed E-state index contributed by atoms with van der Waals surface area (Å²) in [5, 5.41) is 0. The topological polar surface area (TPSA) is 105 Å². The van der Waals surface area contributed by atoms with Crippen LogP contribution in [0, 0.1) is 0 Å². The maximum Gasteiger partial charge on any atom is 0.202 e. The van der Waals surface area contributed by atoms with Gasteiger partial charge in [0, 0.05) is 13.5 Å². The molecule has 0 saturated heterocycles. The number of nitrogen functional groups attached to an aromatic ring is 2. The molecule has 0 radical (unpaired) electrons. The van der Waals surface area contributed by atoms with Crippen molar-refractivity contribution in [1.29, 1.82) is 0 Å². The van der Waals surface area contributed by atoms with Gasteiger partial charge in [0.05, 0.1) is 13.2 Å². The van der Waals surface area contributed by atoms with Gasteiger partial charge in [0.15, 0.2) is 17.0 Å². The molecule has 4 N–H and O–H groups in total. The van der Waals surface area contributed by atoms with E-state index in [0.717, 1.165) is 5.56 Å². The third-order valence-electron chi connectivity index (χ3n) is 3.41. The van der Waals surface area contributed by atoms with Crippen LogP contribution in [0.25, 0.3) is 11.2 Å². The van der Waals surface area contributed by atoms with Gasteiger partial charge < -0.3 is 16.2 Å². The van der Waals surface area contributed by atoms with Crippen LogP contribution in [-0.4, -0.2) is 33.2 Å². The number of imidazole rings is 1. The largest absolute Gasteiger partial charge is 0.384 e. The summed E-state index contributed by atoms with van der Waals surface area (Å²) in [6, 6.07) is 10.0. The van der Waals surface area contributed by atoms with Crippen molar-refractivity contribution < 1.29 is 4.74 Å². The van der Waals surface area contributed by atoms with Gasteiger partial charge in [0.25, 0.3) is 0 Å². The lowest BCUT2D eigenvalue weighted by atomic mass is 10.2. The molecule has 0 unspecified atom stereocenters. The van der Waals surface area contributed by atoms with E-state index in [0.29, 0.717) is 48.3 Å². The molecule has 0 fully saturated rings. The Labute approximate surface area is 128 Å². The van der Waals surface area contributed by atoms with E-state index in [2.05, 4.69) is 15.0 Å². The lowest BCUT2D eigenvalue weighted by Crippen LogP contribution is -2.08. The third-order valence-corrected chi connectivity index (χ3v) is 3.41. The average Bonchev–Trinajstić information content (AvgIpc) is 2.83. The van der Waals surface area contributed by atoms with Crippen molar-refractivity contribution in [2.24, 2.45) is 0 Å². The van der Waals surface area contributed by atoms with E-state index in [4.69, 9.17) is 16.2 Å². The van der Waals surface area contributed by atoms with Crippen LogP contribution in [-0.2, 0) is 17.7 Å². The number of fused-ring (bicyclic) bond motifs is 1. The van der Waals surface area contributed by atoms with E-state index in [-0.39, 0.29) is 0 Å². The highest BCUT2D eigenvalue weighted by atomic mass is 16.5. The fourth-order valence-electron chi connectivity index (χ4n) is 2.31. The highest BCUT2D eigenvalue weighted by Gasteiger charge is 2.15. The van der Waals surface area contributed by atoms with Gasteiger partial charge in [-0.3, -0.25) is 4.57 Å². The summed E-state index contributed by atoms with van der Waals surface area (Å²) in [5.74, 6) is 1.35. The molecule has 2 heterocycles. The van der Waals surface area contributed by atoms with Gasteiger partial charge in [0.1, 0.15) is 5.82 Å². The van der Waals surface area contributed by atoms with Gasteiger partial charge in [-0.15, -0.1) is 0 Å². The Balaban J connectivity index is 2.05. The van der Waals surface area contributed by atoms with Crippen LogP contribution in [0.3, 0.4) is 0 Å². The molecule has 0 atom stereocenters. The number of nitrogens with zero attached hydrogens (tertiary/aromatic N) is 4. The maximum atomic E-state index is 6.02. The Morgan fingerprint density at radius 1 is 1.09 bits per heavy atom. The van der Waals surface area contributed by atoms with Gasteiger partial charge in [-0.1, -0.05) is 30.3 Å². The molecule has 0 spiro atoms. The second-order valence-electron chi connectivity index (χ2n) is 4.98. The van der Waals surface area contributed by atoms with Crippen molar-refractivity contribution in [3.8, 4) is 0 Å². The number of aromatic nitrogens is 4. The minimum Gasteiger partial charge on any atom is -0.384 e.